The summed E-state index contributed by atoms with van der Waals surface area (Å²) < 4.78 is 11.4. The van der Waals surface area contributed by atoms with Crippen LogP contribution in [0.1, 0.15) is 5.56 Å². The second-order valence-electron chi connectivity index (χ2n) is 2.75. The van der Waals surface area contributed by atoms with Crippen molar-refractivity contribution < 1.29 is 9.47 Å². The summed E-state index contributed by atoms with van der Waals surface area (Å²) in [5.74, 6) is 2.29. The molecule has 0 saturated carbocycles. The van der Waals surface area contributed by atoms with Crippen LogP contribution in [-0.2, 0) is 6.42 Å². The molecule has 0 spiro atoms. The van der Waals surface area contributed by atoms with Gasteiger partial charge in [-0.3, -0.25) is 0 Å². The molecule has 4 heteroatoms. The molecule has 0 aliphatic rings. The van der Waals surface area contributed by atoms with Crippen molar-refractivity contribution in [3.63, 3.8) is 0 Å². The molecule has 0 amide bonds. The average Bonchev–Trinajstić information content (AvgIpc) is 2.21. The molecule has 0 fully saturated rings. The van der Waals surface area contributed by atoms with E-state index in [9.17, 15) is 0 Å². The quantitative estimate of drug-likeness (QED) is 0.853. The zero-order valence-electron chi connectivity index (χ0n) is 8.21. The first-order chi connectivity index (χ1) is 6.74. The van der Waals surface area contributed by atoms with Gasteiger partial charge >= 0.3 is 0 Å². The van der Waals surface area contributed by atoms with Crippen LogP contribution in [0.5, 0.6) is 11.5 Å². The Labute approximate surface area is 98.1 Å². The van der Waals surface area contributed by atoms with Crippen molar-refractivity contribution in [2.45, 2.75) is 6.42 Å². The van der Waals surface area contributed by atoms with Crippen LogP contribution in [0.3, 0.4) is 0 Å². The van der Waals surface area contributed by atoms with Gasteiger partial charge in [0.1, 0.15) is 0 Å². The van der Waals surface area contributed by atoms with E-state index in [0.717, 1.165) is 28.1 Å². The predicted octanol–water partition coefficient (Wildman–Crippen LogP) is 2.94. The summed E-state index contributed by atoms with van der Waals surface area (Å²) in [4.78, 5) is 0. The summed E-state index contributed by atoms with van der Waals surface area (Å²) in [6.45, 7) is 0. The maximum atomic E-state index is 5.26. The van der Waals surface area contributed by atoms with Gasteiger partial charge in [-0.1, -0.05) is 6.07 Å². The summed E-state index contributed by atoms with van der Waals surface area (Å²) >= 11 is 7.69. The first kappa shape index (κ1) is 11.7. The number of benzene rings is 1. The molecule has 78 valence electrons. The smallest absolute Gasteiger partial charge is 0.175 e. The van der Waals surface area contributed by atoms with E-state index in [0.29, 0.717) is 0 Å². The van der Waals surface area contributed by atoms with Crippen molar-refractivity contribution >= 4 is 28.6 Å². The molecule has 0 aromatic heterocycles. The summed E-state index contributed by atoms with van der Waals surface area (Å²) in [7, 11) is 3.26. The molecule has 0 aliphatic heterocycles. The lowest BCUT2D eigenvalue weighted by Gasteiger charge is -2.12. The van der Waals surface area contributed by atoms with Gasteiger partial charge in [0, 0.05) is 0 Å². The minimum absolute atomic E-state index is 0.738. The SMILES string of the molecule is COc1ccc(CCS)c(Br)c1OC. The summed E-state index contributed by atoms with van der Waals surface area (Å²) in [6.07, 6.45) is 0.907. The van der Waals surface area contributed by atoms with Gasteiger partial charge in [-0.15, -0.1) is 0 Å². The third-order valence-electron chi connectivity index (χ3n) is 1.95. The summed E-state index contributed by atoms with van der Waals surface area (Å²) in [6, 6.07) is 3.92. The van der Waals surface area contributed by atoms with Crippen molar-refractivity contribution in [3.8, 4) is 11.5 Å². The van der Waals surface area contributed by atoms with Gasteiger partial charge in [0.25, 0.3) is 0 Å². The van der Waals surface area contributed by atoms with Gasteiger partial charge in [0.05, 0.1) is 18.7 Å². The molecular formula is C10H13BrO2S. The van der Waals surface area contributed by atoms with Crippen LogP contribution in [0.25, 0.3) is 0 Å². The predicted molar refractivity (Wildman–Crippen MR) is 64.8 cm³/mol. The van der Waals surface area contributed by atoms with Crippen molar-refractivity contribution in [1.29, 1.82) is 0 Å². The standard InChI is InChI=1S/C10H13BrO2S/c1-12-8-4-3-7(5-6-14)9(11)10(8)13-2/h3-4,14H,5-6H2,1-2H3. The molecule has 0 aliphatic carbocycles. The highest BCUT2D eigenvalue weighted by Gasteiger charge is 2.11. The number of halogens is 1. The Morgan fingerprint density at radius 2 is 2.00 bits per heavy atom. The highest BCUT2D eigenvalue weighted by molar-refractivity contribution is 9.10. The fraction of sp³-hybridized carbons (Fsp3) is 0.400. The highest BCUT2D eigenvalue weighted by Crippen LogP contribution is 2.37. The van der Waals surface area contributed by atoms with Gasteiger partial charge in [0.2, 0.25) is 0 Å². The molecule has 0 unspecified atom stereocenters. The number of methoxy groups -OCH3 is 2. The lowest BCUT2D eigenvalue weighted by atomic mass is 10.1. The Morgan fingerprint density at radius 1 is 1.29 bits per heavy atom. The first-order valence-corrected chi connectivity index (χ1v) is 5.67. The number of rotatable bonds is 4. The minimum Gasteiger partial charge on any atom is -0.493 e. The molecule has 1 aromatic carbocycles. The van der Waals surface area contributed by atoms with E-state index in [-0.39, 0.29) is 0 Å². The Hall–Kier alpha value is -0.350. The van der Waals surface area contributed by atoms with Gasteiger partial charge in [-0.2, -0.15) is 12.6 Å². The zero-order chi connectivity index (χ0) is 10.6. The van der Waals surface area contributed by atoms with Crippen LogP contribution in [-0.4, -0.2) is 20.0 Å². The Kier molecular flexibility index (Phi) is 4.62. The summed E-state index contributed by atoms with van der Waals surface area (Å²) in [5.41, 5.74) is 1.18. The third kappa shape index (κ3) is 2.36. The van der Waals surface area contributed by atoms with Crippen molar-refractivity contribution in [2.24, 2.45) is 0 Å². The van der Waals surface area contributed by atoms with Gasteiger partial charge in [-0.25, -0.2) is 0 Å². The van der Waals surface area contributed by atoms with E-state index in [1.807, 2.05) is 12.1 Å². The molecule has 0 N–H and O–H groups in total. The largest absolute Gasteiger partial charge is 0.493 e. The summed E-state index contributed by atoms with van der Waals surface area (Å²) in [5, 5.41) is 0. The second kappa shape index (κ2) is 5.51. The minimum atomic E-state index is 0.738. The molecular weight excluding hydrogens is 264 g/mol. The lowest BCUT2D eigenvalue weighted by Crippen LogP contribution is -1.95. The van der Waals surface area contributed by atoms with Crippen LogP contribution >= 0.6 is 28.6 Å². The monoisotopic (exact) mass is 276 g/mol. The van der Waals surface area contributed by atoms with Crippen LogP contribution in [0, 0.1) is 0 Å². The van der Waals surface area contributed by atoms with Crippen LogP contribution in [0.2, 0.25) is 0 Å². The maximum Gasteiger partial charge on any atom is 0.175 e. The molecule has 0 saturated heterocycles. The van der Waals surface area contributed by atoms with E-state index in [2.05, 4.69) is 28.6 Å². The Bertz CT molecular complexity index is 315. The zero-order valence-corrected chi connectivity index (χ0v) is 10.7. The number of hydrogen-bond donors (Lipinski definition) is 1. The fourth-order valence-corrected chi connectivity index (χ4v) is 2.17. The fourth-order valence-electron chi connectivity index (χ4n) is 1.24. The van der Waals surface area contributed by atoms with Crippen LogP contribution in [0.15, 0.2) is 16.6 Å². The molecule has 0 heterocycles. The number of aryl methyl sites for hydroxylation is 1. The van der Waals surface area contributed by atoms with E-state index in [1.54, 1.807) is 14.2 Å². The van der Waals surface area contributed by atoms with Crippen molar-refractivity contribution in [3.05, 3.63) is 22.2 Å². The molecule has 0 radical (unpaired) electrons. The normalized spacial score (nSPS) is 10.0. The highest BCUT2D eigenvalue weighted by atomic mass is 79.9. The molecule has 14 heavy (non-hydrogen) atoms. The van der Waals surface area contributed by atoms with Crippen LogP contribution in [0.4, 0.5) is 0 Å². The van der Waals surface area contributed by atoms with Gasteiger partial charge < -0.3 is 9.47 Å². The molecule has 0 bridgehead atoms. The maximum absolute atomic E-state index is 5.26. The van der Waals surface area contributed by atoms with Gasteiger partial charge in [0.15, 0.2) is 11.5 Å². The molecule has 1 rings (SSSR count). The third-order valence-corrected chi connectivity index (χ3v) is 3.04. The van der Waals surface area contributed by atoms with E-state index in [4.69, 9.17) is 9.47 Å². The number of thiol groups is 1. The van der Waals surface area contributed by atoms with E-state index < -0.39 is 0 Å². The molecule has 0 atom stereocenters. The first-order valence-electron chi connectivity index (χ1n) is 4.24. The number of hydrogen-bond acceptors (Lipinski definition) is 3. The van der Waals surface area contributed by atoms with E-state index >= 15 is 0 Å². The average molecular weight is 277 g/mol. The number of ether oxygens (including phenoxy) is 2. The Morgan fingerprint density at radius 3 is 2.50 bits per heavy atom. The van der Waals surface area contributed by atoms with Gasteiger partial charge in [-0.05, 0) is 39.7 Å². The topological polar surface area (TPSA) is 18.5 Å². The molecule has 1 aromatic rings. The van der Waals surface area contributed by atoms with E-state index in [1.165, 1.54) is 5.56 Å². The Balaban J connectivity index is 3.13. The second-order valence-corrected chi connectivity index (χ2v) is 3.99. The lowest BCUT2D eigenvalue weighted by molar-refractivity contribution is 0.352. The molecule has 2 nitrogen and oxygen atoms in total. The van der Waals surface area contributed by atoms with Crippen LogP contribution < -0.4 is 9.47 Å². The van der Waals surface area contributed by atoms with Crippen molar-refractivity contribution in [1.82, 2.24) is 0 Å². The van der Waals surface area contributed by atoms with Crippen molar-refractivity contribution in [2.75, 3.05) is 20.0 Å².